The minimum Gasteiger partial charge on any atom is -0.497 e. The molecule has 2 heterocycles. The van der Waals surface area contributed by atoms with Crippen LogP contribution in [0.2, 0.25) is 5.02 Å². The standard InChI is InChI=1S/C30H25ClN2O5/c1-19-14-26(27(31)30(36)32(19)16-20-8-7-11-23(15-20)37-2)38-18-22-10-4-3-9-21(22)17-33-28(34)24-12-5-6-13-25(24)29(33)35/h3-15H,16-18H2,1-2H3. The molecule has 2 amide bonds. The average molecular weight is 529 g/mol. The Hall–Kier alpha value is -4.36. The van der Waals surface area contributed by atoms with E-state index in [4.69, 9.17) is 21.1 Å². The number of benzene rings is 3. The monoisotopic (exact) mass is 528 g/mol. The summed E-state index contributed by atoms with van der Waals surface area (Å²) in [5.41, 5.74) is 3.59. The largest absolute Gasteiger partial charge is 0.497 e. The number of aryl methyl sites for hydroxylation is 1. The van der Waals surface area contributed by atoms with Gasteiger partial charge in [0.25, 0.3) is 17.4 Å². The van der Waals surface area contributed by atoms with Crippen LogP contribution in [0.1, 0.15) is 43.1 Å². The summed E-state index contributed by atoms with van der Waals surface area (Å²) in [5.74, 6) is 0.338. The van der Waals surface area contributed by atoms with E-state index in [1.54, 1.807) is 42.0 Å². The first-order chi connectivity index (χ1) is 18.4. The smallest absolute Gasteiger partial charge is 0.273 e. The van der Waals surface area contributed by atoms with Crippen molar-refractivity contribution < 1.29 is 19.1 Å². The van der Waals surface area contributed by atoms with E-state index in [-0.39, 0.29) is 41.3 Å². The van der Waals surface area contributed by atoms with Crippen LogP contribution in [-0.4, -0.2) is 28.4 Å². The molecule has 0 fully saturated rings. The average Bonchev–Trinajstić information content (AvgIpc) is 3.18. The van der Waals surface area contributed by atoms with E-state index in [1.165, 1.54) is 4.90 Å². The summed E-state index contributed by atoms with van der Waals surface area (Å²) in [6.45, 7) is 2.38. The van der Waals surface area contributed by atoms with Gasteiger partial charge in [0.1, 0.15) is 23.1 Å². The lowest BCUT2D eigenvalue weighted by Gasteiger charge is -2.18. The van der Waals surface area contributed by atoms with Gasteiger partial charge in [-0.2, -0.15) is 0 Å². The molecule has 0 N–H and O–H groups in total. The van der Waals surface area contributed by atoms with Crippen molar-refractivity contribution in [2.24, 2.45) is 0 Å². The molecule has 0 unspecified atom stereocenters. The summed E-state index contributed by atoms with van der Waals surface area (Å²) >= 11 is 6.45. The maximum Gasteiger partial charge on any atom is 0.273 e. The van der Waals surface area contributed by atoms with E-state index in [1.807, 2.05) is 55.5 Å². The Morgan fingerprint density at radius 2 is 1.45 bits per heavy atom. The Labute approximate surface area is 224 Å². The predicted octanol–water partition coefficient (Wildman–Crippen LogP) is 5.24. The zero-order chi connectivity index (χ0) is 26.8. The quantitative estimate of drug-likeness (QED) is 0.292. The maximum absolute atomic E-state index is 13.1. The molecular formula is C30H25ClN2O5. The summed E-state index contributed by atoms with van der Waals surface area (Å²) in [5, 5.41) is -0.0173. The number of amides is 2. The Morgan fingerprint density at radius 1 is 0.789 bits per heavy atom. The summed E-state index contributed by atoms with van der Waals surface area (Å²) < 4.78 is 12.9. The molecule has 0 saturated heterocycles. The van der Waals surface area contributed by atoms with Gasteiger partial charge in [0.05, 0.1) is 31.3 Å². The third kappa shape index (κ3) is 4.80. The molecule has 192 valence electrons. The van der Waals surface area contributed by atoms with Crippen molar-refractivity contribution in [1.82, 2.24) is 9.47 Å². The van der Waals surface area contributed by atoms with Crippen molar-refractivity contribution in [3.05, 3.63) is 128 Å². The van der Waals surface area contributed by atoms with Crippen LogP contribution in [0.5, 0.6) is 11.5 Å². The number of pyridine rings is 1. The maximum atomic E-state index is 13.1. The minimum absolute atomic E-state index is 0.0173. The molecule has 38 heavy (non-hydrogen) atoms. The number of imide groups is 1. The lowest BCUT2D eigenvalue weighted by atomic mass is 10.1. The number of halogens is 1. The third-order valence-corrected chi connectivity index (χ3v) is 6.95. The number of fused-ring (bicyclic) bond motifs is 1. The van der Waals surface area contributed by atoms with Gasteiger partial charge in [0.2, 0.25) is 0 Å². The summed E-state index contributed by atoms with van der Waals surface area (Å²) in [6.07, 6.45) is 0. The predicted molar refractivity (Wildman–Crippen MR) is 144 cm³/mol. The molecule has 4 aromatic rings. The number of rotatable bonds is 8. The first kappa shape index (κ1) is 25.3. The van der Waals surface area contributed by atoms with E-state index in [0.717, 1.165) is 16.7 Å². The van der Waals surface area contributed by atoms with E-state index in [9.17, 15) is 14.4 Å². The molecule has 8 heteroatoms. The van der Waals surface area contributed by atoms with Gasteiger partial charge in [-0.15, -0.1) is 0 Å². The third-order valence-electron chi connectivity index (χ3n) is 6.60. The minimum atomic E-state index is -0.358. The fraction of sp³-hybridized carbons (Fsp3) is 0.167. The molecular weight excluding hydrogens is 504 g/mol. The van der Waals surface area contributed by atoms with E-state index < -0.39 is 0 Å². The van der Waals surface area contributed by atoms with Crippen molar-refractivity contribution in [3.8, 4) is 11.5 Å². The highest BCUT2D eigenvalue weighted by Crippen LogP contribution is 2.27. The molecule has 0 spiro atoms. The van der Waals surface area contributed by atoms with Gasteiger partial charge in [0, 0.05) is 11.8 Å². The molecule has 0 radical (unpaired) electrons. The number of hydrogen-bond acceptors (Lipinski definition) is 5. The number of ether oxygens (including phenoxy) is 2. The van der Waals surface area contributed by atoms with E-state index >= 15 is 0 Å². The number of carbonyl (C=O) groups excluding carboxylic acids is 2. The molecule has 0 aliphatic carbocycles. The van der Waals surface area contributed by atoms with E-state index in [2.05, 4.69) is 0 Å². The van der Waals surface area contributed by atoms with Crippen molar-refractivity contribution in [1.29, 1.82) is 0 Å². The fourth-order valence-electron chi connectivity index (χ4n) is 4.53. The van der Waals surface area contributed by atoms with E-state index in [0.29, 0.717) is 29.1 Å². The number of carbonyl (C=O) groups is 2. The van der Waals surface area contributed by atoms with Crippen molar-refractivity contribution in [2.75, 3.05) is 7.11 Å². The van der Waals surface area contributed by atoms with Crippen molar-refractivity contribution in [3.63, 3.8) is 0 Å². The second-order valence-electron chi connectivity index (χ2n) is 9.01. The first-order valence-corrected chi connectivity index (χ1v) is 12.4. The Kier molecular flexibility index (Phi) is 7.03. The van der Waals surface area contributed by atoms with Gasteiger partial charge in [-0.3, -0.25) is 19.3 Å². The summed E-state index contributed by atoms with van der Waals surface area (Å²) in [6, 6.07) is 23.4. The second-order valence-corrected chi connectivity index (χ2v) is 9.38. The van der Waals surface area contributed by atoms with Gasteiger partial charge < -0.3 is 14.0 Å². The van der Waals surface area contributed by atoms with Crippen LogP contribution in [0.4, 0.5) is 0 Å². The van der Waals surface area contributed by atoms with Crippen LogP contribution >= 0.6 is 11.6 Å². The zero-order valence-electron chi connectivity index (χ0n) is 20.9. The van der Waals surface area contributed by atoms with Crippen molar-refractivity contribution >= 4 is 23.4 Å². The van der Waals surface area contributed by atoms with Gasteiger partial charge in [-0.05, 0) is 47.9 Å². The molecule has 1 aliphatic rings. The molecule has 1 aromatic heterocycles. The lowest BCUT2D eigenvalue weighted by Crippen LogP contribution is -2.29. The summed E-state index contributed by atoms with van der Waals surface area (Å²) in [7, 11) is 1.59. The number of hydrogen-bond donors (Lipinski definition) is 0. The van der Waals surface area contributed by atoms with Crippen LogP contribution in [0, 0.1) is 6.92 Å². The molecule has 5 rings (SSSR count). The van der Waals surface area contributed by atoms with Gasteiger partial charge in [-0.1, -0.05) is 60.1 Å². The highest BCUT2D eigenvalue weighted by molar-refractivity contribution is 6.31. The van der Waals surface area contributed by atoms with Crippen LogP contribution in [0.3, 0.4) is 0 Å². The van der Waals surface area contributed by atoms with Gasteiger partial charge in [-0.25, -0.2) is 0 Å². The van der Waals surface area contributed by atoms with Crippen LogP contribution in [-0.2, 0) is 19.7 Å². The van der Waals surface area contributed by atoms with Gasteiger partial charge >= 0.3 is 0 Å². The lowest BCUT2D eigenvalue weighted by molar-refractivity contribution is 0.0641. The molecule has 3 aromatic carbocycles. The normalized spacial score (nSPS) is 12.6. The van der Waals surface area contributed by atoms with Crippen molar-refractivity contribution in [2.45, 2.75) is 26.6 Å². The topological polar surface area (TPSA) is 77.8 Å². The van der Waals surface area contributed by atoms with Crippen LogP contribution in [0.15, 0.2) is 83.7 Å². The molecule has 1 aliphatic heterocycles. The highest BCUT2D eigenvalue weighted by Gasteiger charge is 2.35. The molecule has 7 nitrogen and oxygen atoms in total. The second kappa shape index (κ2) is 10.6. The van der Waals surface area contributed by atoms with Crippen LogP contribution in [0.25, 0.3) is 0 Å². The molecule has 0 bridgehead atoms. The zero-order valence-corrected chi connectivity index (χ0v) is 21.7. The fourth-order valence-corrected chi connectivity index (χ4v) is 4.74. The van der Waals surface area contributed by atoms with Gasteiger partial charge in [0.15, 0.2) is 0 Å². The Bertz CT molecular complexity index is 1580. The summed E-state index contributed by atoms with van der Waals surface area (Å²) in [4.78, 5) is 40.0. The highest BCUT2D eigenvalue weighted by atomic mass is 35.5. The first-order valence-electron chi connectivity index (χ1n) is 12.0. The molecule has 0 saturated carbocycles. The number of aromatic nitrogens is 1. The Balaban J connectivity index is 1.34. The number of nitrogens with zero attached hydrogens (tertiary/aromatic N) is 2. The number of methoxy groups -OCH3 is 1. The SMILES string of the molecule is COc1cccc(Cn2c(C)cc(OCc3ccccc3CN3C(=O)c4ccccc4C3=O)c(Cl)c2=O)c1. The van der Waals surface area contributed by atoms with Crippen LogP contribution < -0.4 is 15.0 Å². The molecule has 0 atom stereocenters. The Morgan fingerprint density at radius 3 is 2.13 bits per heavy atom.